The van der Waals surface area contributed by atoms with E-state index in [4.69, 9.17) is 14.2 Å². The molecule has 0 bridgehead atoms. The first-order valence-electron chi connectivity index (χ1n) is 9.70. The van der Waals surface area contributed by atoms with E-state index in [1.807, 2.05) is 0 Å². The first kappa shape index (κ1) is 19.6. The summed E-state index contributed by atoms with van der Waals surface area (Å²) < 4.78 is 16.8. The van der Waals surface area contributed by atoms with E-state index in [-0.39, 0.29) is 30.0 Å². The number of H-pyrrole nitrogens is 1. The summed E-state index contributed by atoms with van der Waals surface area (Å²) in [4.78, 5) is 45.3. The molecule has 4 heterocycles. The van der Waals surface area contributed by atoms with Crippen molar-refractivity contribution in [2.75, 3.05) is 13.9 Å². The van der Waals surface area contributed by atoms with Crippen molar-refractivity contribution in [3.63, 3.8) is 0 Å². The zero-order valence-electron chi connectivity index (χ0n) is 16.8. The van der Waals surface area contributed by atoms with Crippen LogP contribution in [0.4, 0.5) is 0 Å². The van der Waals surface area contributed by atoms with Crippen LogP contribution in [0.25, 0.3) is 16.6 Å². The van der Waals surface area contributed by atoms with E-state index in [1.165, 1.54) is 17.7 Å². The summed E-state index contributed by atoms with van der Waals surface area (Å²) in [7, 11) is 1.20. The molecule has 0 amide bonds. The van der Waals surface area contributed by atoms with Crippen LogP contribution >= 0.6 is 0 Å². The van der Waals surface area contributed by atoms with Crippen molar-refractivity contribution in [3.8, 4) is 17.4 Å². The molecule has 0 saturated heterocycles. The number of aromatic hydroxyl groups is 1. The van der Waals surface area contributed by atoms with Crippen molar-refractivity contribution in [2.24, 2.45) is 0 Å². The van der Waals surface area contributed by atoms with E-state index in [0.29, 0.717) is 22.4 Å². The third-order valence-corrected chi connectivity index (χ3v) is 5.44. The molecule has 1 aromatic carbocycles. The van der Waals surface area contributed by atoms with Crippen LogP contribution in [-0.4, -0.2) is 39.3 Å². The van der Waals surface area contributed by atoms with Crippen LogP contribution < -0.4 is 20.6 Å². The molecule has 5 rings (SSSR count). The molecule has 0 spiro atoms. The van der Waals surface area contributed by atoms with Gasteiger partial charge in [0.2, 0.25) is 12.7 Å². The molecule has 10 nitrogen and oxygen atoms in total. The van der Waals surface area contributed by atoms with E-state index in [1.54, 1.807) is 36.4 Å². The lowest BCUT2D eigenvalue weighted by Crippen LogP contribution is -2.27. The summed E-state index contributed by atoms with van der Waals surface area (Å²) in [6.07, 6.45) is 1.15. The molecule has 1 unspecified atom stereocenters. The average Bonchev–Trinajstić information content (AvgIpc) is 3.23. The number of pyridine rings is 2. The molecule has 2 N–H and O–H groups in total. The van der Waals surface area contributed by atoms with Crippen LogP contribution in [0, 0.1) is 0 Å². The van der Waals surface area contributed by atoms with Crippen molar-refractivity contribution in [2.45, 2.75) is 12.3 Å². The second-order valence-corrected chi connectivity index (χ2v) is 7.26. The molecular weight excluding hydrogens is 418 g/mol. The van der Waals surface area contributed by atoms with Gasteiger partial charge in [0, 0.05) is 29.1 Å². The molecule has 1 atom stereocenters. The van der Waals surface area contributed by atoms with Gasteiger partial charge in [-0.1, -0.05) is 6.07 Å². The third kappa shape index (κ3) is 3.13. The number of rotatable bonds is 4. The fourth-order valence-electron chi connectivity index (χ4n) is 3.89. The number of nitrogens with one attached hydrogen (secondary N) is 1. The van der Waals surface area contributed by atoms with Crippen LogP contribution in [0.15, 0.2) is 52.2 Å². The van der Waals surface area contributed by atoms with Crippen LogP contribution in [0.2, 0.25) is 0 Å². The smallest absolute Gasteiger partial charge is 0.306 e. The number of aromatic nitrogens is 3. The van der Waals surface area contributed by atoms with Crippen LogP contribution in [-0.2, 0) is 9.53 Å². The van der Waals surface area contributed by atoms with Gasteiger partial charge in [0.15, 0.2) is 11.5 Å². The van der Waals surface area contributed by atoms with Gasteiger partial charge in [0.05, 0.1) is 24.6 Å². The molecule has 1 aliphatic heterocycles. The highest BCUT2D eigenvalue weighted by Crippen LogP contribution is 2.37. The van der Waals surface area contributed by atoms with Gasteiger partial charge in [-0.2, -0.15) is 4.98 Å². The highest BCUT2D eigenvalue weighted by molar-refractivity contribution is 5.84. The second kappa shape index (κ2) is 7.41. The highest BCUT2D eigenvalue weighted by Gasteiger charge is 2.29. The molecule has 0 saturated carbocycles. The van der Waals surface area contributed by atoms with E-state index < -0.39 is 28.9 Å². The lowest BCUT2D eigenvalue weighted by molar-refractivity contribution is -0.140. The summed E-state index contributed by atoms with van der Waals surface area (Å²) in [5, 5.41) is 11.2. The second-order valence-electron chi connectivity index (χ2n) is 7.26. The number of hydrogen-bond acceptors (Lipinski definition) is 8. The standard InChI is InChI=1S/C22H17N3O7/c1-30-18(26)8-12(19-21(28)24-17-4-2-3-5-25(17)22(19)29)13-6-11-7-15-16(32-10-31-15)9-14(11)23-20(13)27/h2-7,9,12,28H,8,10H2,1H3,(H,23,27). The number of carbonyl (C=O) groups excluding carboxylic acids is 1. The van der Waals surface area contributed by atoms with E-state index in [0.717, 1.165) is 0 Å². The fourth-order valence-corrected chi connectivity index (χ4v) is 3.89. The van der Waals surface area contributed by atoms with Crippen molar-refractivity contribution in [1.82, 2.24) is 14.4 Å². The number of hydrogen-bond donors (Lipinski definition) is 2. The molecule has 0 radical (unpaired) electrons. The number of fused-ring (bicyclic) bond motifs is 3. The molecule has 162 valence electrons. The SMILES string of the molecule is COC(=O)CC(c1cc2cc3c(cc2[nH]c1=O)OCO3)c1c(O)nc2ccccn2c1=O. The molecule has 0 fully saturated rings. The summed E-state index contributed by atoms with van der Waals surface area (Å²) in [5.74, 6) is -1.30. The lowest BCUT2D eigenvalue weighted by atomic mass is 9.89. The number of aromatic amines is 1. The molecule has 3 aromatic heterocycles. The summed E-state index contributed by atoms with van der Waals surface area (Å²) >= 11 is 0. The van der Waals surface area contributed by atoms with Gasteiger partial charge in [-0.3, -0.25) is 18.8 Å². The Balaban J connectivity index is 1.76. The Morgan fingerprint density at radius 3 is 2.81 bits per heavy atom. The Morgan fingerprint density at radius 2 is 2.03 bits per heavy atom. The van der Waals surface area contributed by atoms with Gasteiger partial charge >= 0.3 is 5.97 Å². The minimum absolute atomic E-state index is 0.0705. The number of benzene rings is 1. The lowest BCUT2D eigenvalue weighted by Gasteiger charge is -2.17. The zero-order chi connectivity index (χ0) is 22.4. The van der Waals surface area contributed by atoms with Crippen LogP contribution in [0.3, 0.4) is 0 Å². The first-order valence-corrected chi connectivity index (χ1v) is 9.70. The molecule has 0 aliphatic carbocycles. The van der Waals surface area contributed by atoms with Crippen LogP contribution in [0.5, 0.6) is 17.4 Å². The highest BCUT2D eigenvalue weighted by atomic mass is 16.7. The number of methoxy groups -OCH3 is 1. The third-order valence-electron chi connectivity index (χ3n) is 5.44. The maximum Gasteiger partial charge on any atom is 0.306 e. The number of ether oxygens (including phenoxy) is 3. The molecule has 4 aromatic rings. The molecular formula is C22H17N3O7. The quantitative estimate of drug-likeness (QED) is 0.463. The number of esters is 1. The molecule has 1 aliphatic rings. The van der Waals surface area contributed by atoms with Gasteiger partial charge in [0.1, 0.15) is 5.65 Å². The van der Waals surface area contributed by atoms with Gasteiger partial charge in [-0.05, 0) is 24.3 Å². The minimum atomic E-state index is -1.10. The Morgan fingerprint density at radius 1 is 1.25 bits per heavy atom. The van der Waals surface area contributed by atoms with E-state index in [9.17, 15) is 19.5 Å². The summed E-state index contributed by atoms with van der Waals surface area (Å²) in [5.41, 5.74) is -0.459. The van der Waals surface area contributed by atoms with Gasteiger partial charge in [-0.15, -0.1) is 0 Å². The van der Waals surface area contributed by atoms with Crippen molar-refractivity contribution in [1.29, 1.82) is 0 Å². The predicted octanol–water partition coefficient (Wildman–Crippen LogP) is 1.67. The van der Waals surface area contributed by atoms with Crippen molar-refractivity contribution >= 4 is 22.5 Å². The summed E-state index contributed by atoms with van der Waals surface area (Å²) in [6.45, 7) is 0.0705. The van der Waals surface area contributed by atoms with E-state index >= 15 is 0 Å². The largest absolute Gasteiger partial charge is 0.493 e. The normalized spacial score (nSPS) is 13.4. The maximum atomic E-state index is 13.2. The van der Waals surface area contributed by atoms with Crippen molar-refractivity contribution in [3.05, 3.63) is 74.4 Å². The average molecular weight is 435 g/mol. The molecule has 10 heteroatoms. The minimum Gasteiger partial charge on any atom is -0.493 e. The molecule has 32 heavy (non-hydrogen) atoms. The summed E-state index contributed by atoms with van der Waals surface area (Å²) in [6, 6.07) is 9.76. The monoisotopic (exact) mass is 435 g/mol. The number of carbonyl (C=O) groups is 1. The van der Waals surface area contributed by atoms with Gasteiger partial charge in [0.25, 0.3) is 11.1 Å². The maximum absolute atomic E-state index is 13.2. The number of nitrogens with zero attached hydrogens (tertiary/aromatic N) is 2. The van der Waals surface area contributed by atoms with Crippen LogP contribution in [0.1, 0.15) is 23.5 Å². The Bertz CT molecular complexity index is 1510. The topological polar surface area (TPSA) is 132 Å². The Labute approximate surface area is 179 Å². The van der Waals surface area contributed by atoms with Crippen molar-refractivity contribution < 1.29 is 24.1 Å². The predicted molar refractivity (Wildman–Crippen MR) is 112 cm³/mol. The van der Waals surface area contributed by atoms with Gasteiger partial charge in [-0.25, -0.2) is 0 Å². The van der Waals surface area contributed by atoms with E-state index in [2.05, 4.69) is 9.97 Å². The zero-order valence-corrected chi connectivity index (χ0v) is 16.8. The van der Waals surface area contributed by atoms with Gasteiger partial charge < -0.3 is 24.3 Å². The Hall–Kier alpha value is -4.34. The Kier molecular flexibility index (Phi) is 4.54. The first-order chi connectivity index (χ1) is 15.5. The fraction of sp³-hybridized carbons (Fsp3) is 0.182.